The number of anilines is 2. The quantitative estimate of drug-likeness (QED) is 0.665. The van der Waals surface area contributed by atoms with Crippen molar-refractivity contribution in [2.24, 2.45) is 0 Å². The zero-order valence-corrected chi connectivity index (χ0v) is 14.9. The number of halogens is 1. The van der Waals surface area contributed by atoms with Crippen molar-refractivity contribution >= 4 is 23.4 Å². The minimum atomic E-state index is 0.591. The first-order valence-corrected chi connectivity index (χ1v) is 8.73. The van der Waals surface area contributed by atoms with E-state index in [0.29, 0.717) is 12.5 Å². The summed E-state index contributed by atoms with van der Waals surface area (Å²) < 4.78 is 0. The molecule has 0 saturated heterocycles. The molecular weight excluding hydrogens is 332 g/mol. The minimum Gasteiger partial charge on any atom is -0.352 e. The molecule has 4 nitrogen and oxygen atoms in total. The Morgan fingerprint density at radius 1 is 1.00 bits per heavy atom. The van der Waals surface area contributed by atoms with Gasteiger partial charge in [-0.05, 0) is 30.2 Å². The van der Waals surface area contributed by atoms with Gasteiger partial charge in [0, 0.05) is 30.9 Å². The highest BCUT2D eigenvalue weighted by molar-refractivity contribution is 6.31. The topological polar surface area (TPSA) is 41.1 Å². The smallest absolute Gasteiger partial charge is 0.224 e. The molecule has 0 unspecified atom stereocenters. The van der Waals surface area contributed by atoms with Crippen LogP contribution in [0.25, 0.3) is 0 Å². The molecule has 0 amide bonds. The van der Waals surface area contributed by atoms with E-state index in [1.807, 2.05) is 36.4 Å². The molecule has 0 bridgehead atoms. The van der Waals surface area contributed by atoms with Gasteiger partial charge in [-0.25, -0.2) is 4.98 Å². The minimum absolute atomic E-state index is 0.591. The summed E-state index contributed by atoms with van der Waals surface area (Å²) in [7, 11) is 0. The van der Waals surface area contributed by atoms with Crippen molar-refractivity contribution in [1.29, 1.82) is 0 Å². The van der Waals surface area contributed by atoms with Gasteiger partial charge in [-0.3, -0.25) is 0 Å². The Hall–Kier alpha value is -2.59. The van der Waals surface area contributed by atoms with Gasteiger partial charge in [-0.1, -0.05) is 60.1 Å². The fourth-order valence-electron chi connectivity index (χ4n) is 2.59. The van der Waals surface area contributed by atoms with Crippen LogP contribution < -0.4 is 10.2 Å². The van der Waals surface area contributed by atoms with Crippen molar-refractivity contribution < 1.29 is 0 Å². The Morgan fingerprint density at radius 2 is 1.76 bits per heavy atom. The van der Waals surface area contributed by atoms with Gasteiger partial charge in [0.15, 0.2) is 0 Å². The van der Waals surface area contributed by atoms with Gasteiger partial charge in [0.25, 0.3) is 0 Å². The van der Waals surface area contributed by atoms with Gasteiger partial charge in [0.1, 0.15) is 5.82 Å². The van der Waals surface area contributed by atoms with Gasteiger partial charge >= 0.3 is 0 Å². The highest BCUT2D eigenvalue weighted by atomic mass is 35.5. The summed E-state index contributed by atoms with van der Waals surface area (Å²) in [5.74, 6) is 1.51. The molecule has 0 aliphatic heterocycles. The van der Waals surface area contributed by atoms with Crippen LogP contribution >= 0.6 is 11.6 Å². The number of hydrogen-bond donors (Lipinski definition) is 1. The summed E-state index contributed by atoms with van der Waals surface area (Å²) in [5.41, 5.74) is 2.28. The first-order valence-electron chi connectivity index (χ1n) is 8.35. The van der Waals surface area contributed by atoms with Crippen LogP contribution in [0.3, 0.4) is 0 Å². The monoisotopic (exact) mass is 352 g/mol. The lowest BCUT2D eigenvalue weighted by Crippen LogP contribution is -2.23. The van der Waals surface area contributed by atoms with Crippen LogP contribution in [0.4, 0.5) is 11.8 Å². The second kappa shape index (κ2) is 8.49. The predicted octanol–water partition coefficient (Wildman–Crippen LogP) is 4.77. The average Bonchev–Trinajstić information content (AvgIpc) is 2.66. The molecule has 5 heteroatoms. The largest absolute Gasteiger partial charge is 0.352 e. The number of nitrogens with zero attached hydrogens (tertiary/aromatic N) is 3. The molecule has 0 saturated carbocycles. The van der Waals surface area contributed by atoms with E-state index >= 15 is 0 Å². The lowest BCUT2D eigenvalue weighted by atomic mass is 10.2. The summed E-state index contributed by atoms with van der Waals surface area (Å²) in [4.78, 5) is 11.2. The fourth-order valence-corrected chi connectivity index (χ4v) is 2.79. The Labute approximate surface area is 153 Å². The highest BCUT2D eigenvalue weighted by Crippen LogP contribution is 2.18. The first kappa shape index (κ1) is 17.2. The van der Waals surface area contributed by atoms with Crippen LogP contribution in [0.2, 0.25) is 5.02 Å². The number of rotatable bonds is 7. The summed E-state index contributed by atoms with van der Waals surface area (Å²) >= 11 is 6.20. The van der Waals surface area contributed by atoms with E-state index in [1.165, 1.54) is 5.56 Å². The van der Waals surface area contributed by atoms with Crippen molar-refractivity contribution in [2.75, 3.05) is 16.8 Å². The molecule has 1 heterocycles. The van der Waals surface area contributed by atoms with Gasteiger partial charge in [0.2, 0.25) is 5.95 Å². The molecule has 1 aromatic heterocycles. The maximum Gasteiger partial charge on any atom is 0.224 e. The number of nitrogens with one attached hydrogen (secondary N) is 1. The lowest BCUT2D eigenvalue weighted by Gasteiger charge is -2.22. The molecule has 0 atom stereocenters. The molecular formula is C20H21ClN4. The zero-order chi connectivity index (χ0) is 17.5. The van der Waals surface area contributed by atoms with E-state index in [9.17, 15) is 0 Å². The first-order chi connectivity index (χ1) is 12.3. The third kappa shape index (κ3) is 4.70. The Morgan fingerprint density at radius 3 is 2.52 bits per heavy atom. The highest BCUT2D eigenvalue weighted by Gasteiger charge is 2.08. The second-order valence-corrected chi connectivity index (χ2v) is 6.09. The number of benzene rings is 2. The molecule has 25 heavy (non-hydrogen) atoms. The van der Waals surface area contributed by atoms with Crippen LogP contribution in [0, 0.1) is 0 Å². The molecule has 0 aliphatic carbocycles. The maximum absolute atomic E-state index is 6.20. The molecule has 1 N–H and O–H groups in total. The van der Waals surface area contributed by atoms with Crippen LogP contribution in [0.1, 0.15) is 18.1 Å². The van der Waals surface area contributed by atoms with Crippen LogP contribution in [0.15, 0.2) is 66.9 Å². The van der Waals surface area contributed by atoms with E-state index < -0.39 is 0 Å². The van der Waals surface area contributed by atoms with E-state index in [-0.39, 0.29) is 0 Å². The molecule has 128 valence electrons. The molecule has 0 spiro atoms. The van der Waals surface area contributed by atoms with Crippen molar-refractivity contribution in [1.82, 2.24) is 9.97 Å². The third-order valence-corrected chi connectivity index (χ3v) is 4.33. The van der Waals surface area contributed by atoms with Crippen molar-refractivity contribution in [3.63, 3.8) is 0 Å². The zero-order valence-electron chi connectivity index (χ0n) is 14.2. The van der Waals surface area contributed by atoms with Crippen molar-refractivity contribution in [2.45, 2.75) is 20.0 Å². The number of hydrogen-bond acceptors (Lipinski definition) is 4. The summed E-state index contributed by atoms with van der Waals surface area (Å²) in [6.07, 6.45) is 1.78. The van der Waals surface area contributed by atoms with Gasteiger partial charge in [-0.2, -0.15) is 4.98 Å². The van der Waals surface area contributed by atoms with Crippen molar-refractivity contribution in [3.05, 3.63) is 83.0 Å². The van der Waals surface area contributed by atoms with Gasteiger partial charge < -0.3 is 10.2 Å². The van der Waals surface area contributed by atoms with Crippen LogP contribution in [-0.4, -0.2) is 16.5 Å². The van der Waals surface area contributed by atoms with E-state index in [1.54, 1.807) is 6.20 Å². The van der Waals surface area contributed by atoms with Crippen LogP contribution in [-0.2, 0) is 13.1 Å². The molecule has 3 rings (SSSR count). The van der Waals surface area contributed by atoms with E-state index in [4.69, 9.17) is 11.6 Å². The summed E-state index contributed by atoms with van der Waals surface area (Å²) in [6, 6.07) is 20.1. The Balaban J connectivity index is 1.70. The molecule has 0 fully saturated rings. The Bertz CT molecular complexity index is 808. The lowest BCUT2D eigenvalue weighted by molar-refractivity contribution is 0.810. The fraction of sp³-hybridized carbons (Fsp3) is 0.200. The van der Waals surface area contributed by atoms with Crippen molar-refractivity contribution in [3.8, 4) is 0 Å². The third-order valence-electron chi connectivity index (χ3n) is 3.96. The Kier molecular flexibility index (Phi) is 5.86. The van der Waals surface area contributed by atoms with Crippen LogP contribution in [0.5, 0.6) is 0 Å². The second-order valence-electron chi connectivity index (χ2n) is 5.68. The molecule has 0 aliphatic rings. The van der Waals surface area contributed by atoms with E-state index in [2.05, 4.69) is 51.4 Å². The molecule has 0 radical (unpaired) electrons. The average molecular weight is 353 g/mol. The molecule has 2 aromatic carbocycles. The maximum atomic E-state index is 6.20. The SMILES string of the molecule is CCN(Cc1ccccc1)c1ccnc(NCc2ccccc2Cl)n1. The van der Waals surface area contributed by atoms with Gasteiger partial charge in [0.05, 0.1) is 0 Å². The standard InChI is InChI=1S/C20H21ClN4/c1-2-25(15-16-8-4-3-5-9-16)19-12-13-22-20(24-19)23-14-17-10-6-7-11-18(17)21/h3-13H,2,14-15H2,1H3,(H,22,23,24). The van der Waals surface area contributed by atoms with E-state index in [0.717, 1.165) is 29.5 Å². The normalized spacial score (nSPS) is 10.5. The van der Waals surface area contributed by atoms with Gasteiger partial charge in [-0.15, -0.1) is 0 Å². The summed E-state index contributed by atoms with van der Waals surface area (Å²) in [6.45, 7) is 4.41. The summed E-state index contributed by atoms with van der Waals surface area (Å²) in [5, 5.41) is 3.99. The number of aromatic nitrogens is 2. The molecule has 3 aromatic rings. The predicted molar refractivity (Wildman–Crippen MR) is 104 cm³/mol.